The van der Waals surface area contributed by atoms with Crippen LogP contribution in [0.1, 0.15) is 33.3 Å². The molecule has 0 aliphatic carbocycles. The summed E-state index contributed by atoms with van der Waals surface area (Å²) < 4.78 is 6.29. The molecule has 0 heterocycles. The van der Waals surface area contributed by atoms with Crippen LogP contribution in [-0.2, 0) is 0 Å². The Bertz CT molecular complexity index is 355. The van der Waals surface area contributed by atoms with E-state index >= 15 is 0 Å². The third-order valence-corrected chi connectivity index (χ3v) is 8.15. The van der Waals surface area contributed by atoms with E-state index in [2.05, 4.69) is 51.6 Å². The molecule has 0 spiro atoms. The van der Waals surface area contributed by atoms with E-state index in [0.717, 1.165) is 11.3 Å². The molecule has 17 heavy (non-hydrogen) atoms. The molecule has 0 amide bonds. The average Bonchev–Trinajstić information content (AvgIpc) is 2.37. The van der Waals surface area contributed by atoms with Crippen molar-refractivity contribution in [2.75, 3.05) is 18.5 Å². The van der Waals surface area contributed by atoms with Gasteiger partial charge in [0, 0.05) is 0 Å². The van der Waals surface area contributed by atoms with Crippen molar-refractivity contribution in [3.8, 4) is 5.75 Å². The molecule has 1 aromatic rings. The summed E-state index contributed by atoms with van der Waals surface area (Å²) >= 11 is 0. The van der Waals surface area contributed by atoms with Crippen molar-refractivity contribution in [1.29, 1.82) is 0 Å². The first-order valence-electron chi connectivity index (χ1n) is 6.52. The summed E-state index contributed by atoms with van der Waals surface area (Å²) in [5.74, 6) is 1.02. The van der Waals surface area contributed by atoms with Gasteiger partial charge in [0.2, 0.25) is 0 Å². The van der Waals surface area contributed by atoms with Crippen molar-refractivity contribution in [2.45, 2.75) is 27.7 Å². The second-order valence-electron chi connectivity index (χ2n) is 4.65. The van der Waals surface area contributed by atoms with Crippen molar-refractivity contribution in [3.05, 3.63) is 36.4 Å². The molecule has 1 rings (SSSR count). The van der Waals surface area contributed by atoms with Gasteiger partial charge in [-0.05, 0) is 0 Å². The topological polar surface area (TPSA) is 9.23 Å². The Morgan fingerprint density at radius 3 is 1.88 bits per heavy atom. The van der Waals surface area contributed by atoms with Crippen molar-refractivity contribution in [1.82, 2.24) is 0 Å². The zero-order valence-corrected chi connectivity index (χ0v) is 12.5. The van der Waals surface area contributed by atoms with E-state index in [1.807, 2.05) is 6.92 Å². The van der Waals surface area contributed by atoms with E-state index in [1.165, 1.54) is 24.0 Å². The molecule has 0 atom stereocenters. The fourth-order valence-electron chi connectivity index (χ4n) is 2.02. The van der Waals surface area contributed by atoms with Crippen LogP contribution in [0, 0.1) is 0 Å². The number of rotatable bonds is 6. The molecule has 0 aromatic heterocycles. The summed E-state index contributed by atoms with van der Waals surface area (Å²) in [6.07, 6.45) is 3.55. The molecule has 0 aliphatic heterocycles. The van der Waals surface area contributed by atoms with Crippen LogP contribution in [0.15, 0.2) is 30.8 Å². The first kappa shape index (κ1) is 14.3. The Morgan fingerprint density at radius 2 is 1.53 bits per heavy atom. The van der Waals surface area contributed by atoms with Crippen LogP contribution in [-0.4, -0.2) is 18.5 Å². The molecule has 0 unspecified atom stereocenters. The van der Waals surface area contributed by atoms with Crippen LogP contribution in [0.25, 0.3) is 5.57 Å². The molecule has 0 saturated heterocycles. The molecular formula is C15H25OP. The average molecular weight is 252 g/mol. The van der Waals surface area contributed by atoms with Gasteiger partial charge in [-0.25, -0.2) is 0 Å². The van der Waals surface area contributed by atoms with Crippen molar-refractivity contribution < 1.29 is 4.52 Å². The van der Waals surface area contributed by atoms with Crippen LogP contribution in [0.3, 0.4) is 0 Å². The summed E-state index contributed by atoms with van der Waals surface area (Å²) in [6, 6.07) is 8.34. The summed E-state index contributed by atoms with van der Waals surface area (Å²) in [5, 5.41) is 0. The zero-order chi connectivity index (χ0) is 12.9. The number of hydrogen-bond acceptors (Lipinski definition) is 1. The number of allylic oxidation sites excluding steroid dienone is 1. The van der Waals surface area contributed by atoms with Crippen LogP contribution < -0.4 is 4.52 Å². The minimum atomic E-state index is -1.53. The van der Waals surface area contributed by atoms with Crippen LogP contribution >= 0.6 is 7.49 Å². The molecule has 0 saturated carbocycles. The standard InChI is InChI=1S/C15H25OP/c1-6-17(7-2,8-3)16-15-11-9-14(10-12-15)13(4)5/h9-12,17H,4,6-8H2,1-3,5H3. The molecular weight excluding hydrogens is 227 g/mol. The van der Waals surface area contributed by atoms with E-state index in [0.29, 0.717) is 0 Å². The van der Waals surface area contributed by atoms with Crippen LogP contribution in [0.4, 0.5) is 0 Å². The zero-order valence-electron chi connectivity index (χ0n) is 11.5. The number of benzene rings is 1. The molecule has 96 valence electrons. The van der Waals surface area contributed by atoms with Gasteiger partial charge in [0.15, 0.2) is 0 Å². The molecule has 0 aliphatic rings. The van der Waals surface area contributed by atoms with Gasteiger partial charge < -0.3 is 0 Å². The van der Waals surface area contributed by atoms with Gasteiger partial charge in [0.1, 0.15) is 0 Å². The van der Waals surface area contributed by atoms with Gasteiger partial charge in [-0.2, -0.15) is 0 Å². The number of hydrogen-bond donors (Lipinski definition) is 0. The van der Waals surface area contributed by atoms with Gasteiger partial charge in [-0.1, -0.05) is 0 Å². The Morgan fingerprint density at radius 1 is 1.06 bits per heavy atom. The maximum atomic E-state index is 6.29. The second-order valence-corrected chi connectivity index (χ2v) is 9.34. The van der Waals surface area contributed by atoms with E-state index in [1.54, 1.807) is 0 Å². The molecule has 0 fully saturated rings. The molecule has 1 aromatic carbocycles. The van der Waals surface area contributed by atoms with Gasteiger partial charge in [0.25, 0.3) is 0 Å². The third-order valence-electron chi connectivity index (χ3n) is 3.61. The maximum absolute atomic E-state index is 6.29. The first-order chi connectivity index (χ1) is 8.06. The second kappa shape index (κ2) is 6.21. The van der Waals surface area contributed by atoms with Gasteiger partial charge in [0.05, 0.1) is 0 Å². The van der Waals surface area contributed by atoms with Gasteiger partial charge >= 0.3 is 106 Å². The minimum absolute atomic E-state index is 1.02. The first-order valence-corrected chi connectivity index (χ1v) is 9.04. The predicted molar refractivity (Wildman–Crippen MR) is 81.7 cm³/mol. The predicted octanol–water partition coefficient (Wildman–Crippen LogP) is 4.82. The Balaban J connectivity index is 2.84. The quantitative estimate of drug-likeness (QED) is 0.659. The normalized spacial score (nSPS) is 12.2. The van der Waals surface area contributed by atoms with E-state index in [-0.39, 0.29) is 0 Å². The third kappa shape index (κ3) is 3.57. The monoisotopic (exact) mass is 252 g/mol. The van der Waals surface area contributed by atoms with E-state index in [4.69, 9.17) is 4.52 Å². The van der Waals surface area contributed by atoms with Crippen molar-refractivity contribution in [2.24, 2.45) is 0 Å². The Labute approximate surface area is 106 Å². The summed E-state index contributed by atoms with van der Waals surface area (Å²) in [5.41, 5.74) is 2.29. The van der Waals surface area contributed by atoms with Crippen LogP contribution in [0.5, 0.6) is 5.75 Å². The fraction of sp³-hybridized carbons (Fsp3) is 0.467. The Kier molecular flexibility index (Phi) is 5.21. The van der Waals surface area contributed by atoms with Crippen molar-refractivity contribution >= 4 is 13.1 Å². The van der Waals surface area contributed by atoms with Gasteiger partial charge in [-0.15, -0.1) is 0 Å². The molecule has 0 radical (unpaired) electrons. The van der Waals surface area contributed by atoms with E-state index < -0.39 is 7.49 Å². The Hall–Kier alpha value is -0.810. The molecule has 0 bridgehead atoms. The van der Waals surface area contributed by atoms with Gasteiger partial charge in [-0.3, -0.25) is 0 Å². The fourth-order valence-corrected chi connectivity index (χ4v) is 4.59. The SMILES string of the molecule is C=C(C)c1ccc(O[PH](CC)(CC)CC)cc1. The summed E-state index contributed by atoms with van der Waals surface area (Å²) in [7, 11) is -1.53. The summed E-state index contributed by atoms with van der Waals surface area (Å²) in [6.45, 7) is 12.7. The molecule has 0 N–H and O–H groups in total. The van der Waals surface area contributed by atoms with Crippen LogP contribution in [0.2, 0.25) is 0 Å². The summed E-state index contributed by atoms with van der Waals surface area (Å²) in [4.78, 5) is 0. The van der Waals surface area contributed by atoms with E-state index in [9.17, 15) is 0 Å². The molecule has 2 heteroatoms. The molecule has 1 nitrogen and oxygen atoms in total. The van der Waals surface area contributed by atoms with Crippen molar-refractivity contribution in [3.63, 3.8) is 0 Å².